The fourth-order valence-electron chi connectivity index (χ4n) is 3.08. The highest BCUT2D eigenvalue weighted by atomic mass is 16.5. The Morgan fingerprint density at radius 1 is 1.00 bits per heavy atom. The number of para-hydroxylation sites is 1. The van der Waals surface area contributed by atoms with Gasteiger partial charge in [-0.1, -0.05) is 18.2 Å². The predicted octanol–water partition coefficient (Wildman–Crippen LogP) is 4.14. The lowest BCUT2D eigenvalue weighted by molar-refractivity contribution is 0.208. The van der Waals surface area contributed by atoms with Crippen molar-refractivity contribution in [3.63, 3.8) is 0 Å². The van der Waals surface area contributed by atoms with Crippen LogP contribution in [-0.2, 0) is 0 Å². The van der Waals surface area contributed by atoms with Gasteiger partial charge in [-0.15, -0.1) is 0 Å². The number of piperazine rings is 1. The number of amides is 2. The highest BCUT2D eigenvalue weighted by Crippen LogP contribution is 2.22. The largest absolute Gasteiger partial charge is 0.491 e. The Morgan fingerprint density at radius 3 is 2.27 bits per heavy atom. The molecule has 1 saturated heterocycles. The molecule has 0 radical (unpaired) electrons. The van der Waals surface area contributed by atoms with Gasteiger partial charge in [0.2, 0.25) is 0 Å². The molecule has 5 nitrogen and oxygen atoms in total. The molecule has 138 valence electrons. The molecule has 1 aliphatic rings. The number of nitrogens with one attached hydrogen (secondary N) is 1. The Hall–Kier alpha value is -2.69. The zero-order chi connectivity index (χ0) is 18.5. The molecule has 0 aromatic heterocycles. The van der Waals surface area contributed by atoms with Gasteiger partial charge in [0.05, 0.1) is 6.10 Å². The van der Waals surface area contributed by atoms with Gasteiger partial charge in [0.25, 0.3) is 0 Å². The Kier molecular flexibility index (Phi) is 5.66. The topological polar surface area (TPSA) is 44.8 Å². The summed E-state index contributed by atoms with van der Waals surface area (Å²) in [5, 5.41) is 3.01. The van der Waals surface area contributed by atoms with Crippen LogP contribution in [0.2, 0.25) is 0 Å². The summed E-state index contributed by atoms with van der Waals surface area (Å²) in [4.78, 5) is 16.7. The van der Waals surface area contributed by atoms with E-state index in [1.165, 1.54) is 5.69 Å². The molecule has 0 atom stereocenters. The Bertz CT molecular complexity index is 735. The first kappa shape index (κ1) is 18.1. The Balaban J connectivity index is 1.54. The number of carbonyl (C=O) groups excluding carboxylic acids is 1. The van der Waals surface area contributed by atoms with Gasteiger partial charge in [-0.2, -0.15) is 0 Å². The van der Waals surface area contributed by atoms with Crippen molar-refractivity contribution in [3.8, 4) is 5.75 Å². The Morgan fingerprint density at radius 2 is 1.65 bits per heavy atom. The van der Waals surface area contributed by atoms with E-state index in [1.807, 2.05) is 62.1 Å². The second-order valence-corrected chi connectivity index (χ2v) is 6.88. The maximum atomic E-state index is 12.5. The lowest BCUT2D eigenvalue weighted by Gasteiger charge is -2.36. The molecule has 3 rings (SSSR count). The highest BCUT2D eigenvalue weighted by molar-refractivity contribution is 5.90. The van der Waals surface area contributed by atoms with Gasteiger partial charge in [0, 0.05) is 37.6 Å². The second kappa shape index (κ2) is 8.13. The molecular weight excluding hydrogens is 326 g/mol. The van der Waals surface area contributed by atoms with E-state index in [4.69, 9.17) is 4.74 Å². The Labute approximate surface area is 155 Å². The predicted molar refractivity (Wildman–Crippen MR) is 106 cm³/mol. The fraction of sp³-hybridized carbons (Fsp3) is 0.381. The summed E-state index contributed by atoms with van der Waals surface area (Å²) in [7, 11) is 0. The second-order valence-electron chi connectivity index (χ2n) is 6.88. The molecule has 1 fully saturated rings. The van der Waals surface area contributed by atoms with Crippen molar-refractivity contribution in [2.24, 2.45) is 0 Å². The summed E-state index contributed by atoms with van der Waals surface area (Å²) in [6, 6.07) is 16.0. The number of nitrogens with zero attached hydrogens (tertiary/aromatic N) is 2. The quantitative estimate of drug-likeness (QED) is 0.899. The van der Waals surface area contributed by atoms with Crippen LogP contribution in [-0.4, -0.2) is 43.2 Å². The van der Waals surface area contributed by atoms with Crippen LogP contribution in [0.15, 0.2) is 48.5 Å². The smallest absolute Gasteiger partial charge is 0.321 e. The summed E-state index contributed by atoms with van der Waals surface area (Å²) in [5.74, 6) is 0.889. The van der Waals surface area contributed by atoms with Crippen LogP contribution in [0.3, 0.4) is 0 Å². The lowest BCUT2D eigenvalue weighted by Crippen LogP contribution is -2.50. The molecule has 1 heterocycles. The van der Waals surface area contributed by atoms with E-state index in [0.717, 1.165) is 30.1 Å². The maximum Gasteiger partial charge on any atom is 0.321 e. The third kappa shape index (κ3) is 4.48. The van der Waals surface area contributed by atoms with Crippen LogP contribution in [0.4, 0.5) is 16.2 Å². The molecule has 0 aliphatic carbocycles. The van der Waals surface area contributed by atoms with E-state index in [9.17, 15) is 4.79 Å². The van der Waals surface area contributed by atoms with E-state index in [2.05, 4.69) is 22.3 Å². The highest BCUT2D eigenvalue weighted by Gasteiger charge is 2.21. The van der Waals surface area contributed by atoms with E-state index >= 15 is 0 Å². The summed E-state index contributed by atoms with van der Waals surface area (Å²) >= 11 is 0. The third-order valence-corrected chi connectivity index (χ3v) is 4.53. The van der Waals surface area contributed by atoms with Gasteiger partial charge < -0.3 is 19.9 Å². The lowest BCUT2D eigenvalue weighted by atomic mass is 10.2. The van der Waals surface area contributed by atoms with E-state index in [-0.39, 0.29) is 12.1 Å². The van der Waals surface area contributed by atoms with Crippen LogP contribution in [0.1, 0.15) is 19.4 Å². The number of aryl methyl sites for hydroxylation is 1. The molecule has 5 heteroatoms. The first-order valence-corrected chi connectivity index (χ1v) is 9.16. The van der Waals surface area contributed by atoms with Crippen LogP contribution >= 0.6 is 0 Å². The average Bonchev–Trinajstić information content (AvgIpc) is 2.64. The first-order valence-electron chi connectivity index (χ1n) is 9.16. The number of anilines is 2. The van der Waals surface area contributed by atoms with Crippen LogP contribution in [0.5, 0.6) is 5.75 Å². The fourth-order valence-corrected chi connectivity index (χ4v) is 3.08. The molecule has 0 bridgehead atoms. The van der Waals surface area contributed by atoms with Crippen molar-refractivity contribution in [1.29, 1.82) is 0 Å². The summed E-state index contributed by atoms with van der Waals surface area (Å²) < 4.78 is 5.69. The van der Waals surface area contributed by atoms with Crippen LogP contribution in [0.25, 0.3) is 0 Å². The van der Waals surface area contributed by atoms with Crippen molar-refractivity contribution in [3.05, 3.63) is 54.1 Å². The number of rotatable bonds is 4. The van der Waals surface area contributed by atoms with Gasteiger partial charge in [-0.25, -0.2) is 4.79 Å². The summed E-state index contributed by atoms with van der Waals surface area (Å²) in [5.41, 5.74) is 3.11. The SMILES string of the molecule is Cc1ccccc1NC(=O)N1CCN(c2ccc(OC(C)C)cc2)CC1. The zero-order valence-electron chi connectivity index (χ0n) is 15.7. The summed E-state index contributed by atoms with van der Waals surface area (Å²) in [6.45, 7) is 9.12. The average molecular weight is 353 g/mol. The number of urea groups is 1. The van der Waals surface area contributed by atoms with Crippen LogP contribution in [0, 0.1) is 6.92 Å². The van der Waals surface area contributed by atoms with E-state index in [0.29, 0.717) is 13.1 Å². The van der Waals surface area contributed by atoms with Gasteiger partial charge in [0.1, 0.15) is 5.75 Å². The number of carbonyl (C=O) groups is 1. The van der Waals surface area contributed by atoms with Gasteiger partial charge in [0.15, 0.2) is 0 Å². The van der Waals surface area contributed by atoms with Crippen molar-refractivity contribution in [2.75, 3.05) is 36.4 Å². The molecule has 2 amide bonds. The molecule has 2 aromatic carbocycles. The standard InChI is InChI=1S/C21H27N3O2/c1-16(2)26-19-10-8-18(9-11-19)23-12-14-24(15-13-23)21(25)22-20-7-5-4-6-17(20)3/h4-11,16H,12-15H2,1-3H3,(H,22,25). The third-order valence-electron chi connectivity index (χ3n) is 4.53. The minimum absolute atomic E-state index is 0.0281. The maximum absolute atomic E-state index is 12.5. The van der Waals surface area contributed by atoms with Gasteiger partial charge in [-0.3, -0.25) is 0 Å². The normalized spacial score (nSPS) is 14.5. The molecule has 1 N–H and O–H groups in total. The van der Waals surface area contributed by atoms with Crippen molar-refractivity contribution in [1.82, 2.24) is 4.90 Å². The molecule has 26 heavy (non-hydrogen) atoms. The monoisotopic (exact) mass is 353 g/mol. The van der Waals surface area contributed by atoms with E-state index in [1.54, 1.807) is 0 Å². The van der Waals surface area contributed by atoms with Gasteiger partial charge >= 0.3 is 6.03 Å². The van der Waals surface area contributed by atoms with Crippen LogP contribution < -0.4 is 15.0 Å². The molecule has 0 spiro atoms. The minimum Gasteiger partial charge on any atom is -0.491 e. The minimum atomic E-state index is -0.0281. The summed E-state index contributed by atoms with van der Waals surface area (Å²) in [6.07, 6.45) is 0.177. The van der Waals surface area contributed by atoms with Crippen molar-refractivity contribution < 1.29 is 9.53 Å². The number of ether oxygens (including phenoxy) is 1. The molecule has 0 saturated carbocycles. The molecule has 0 unspecified atom stereocenters. The number of hydrogen-bond donors (Lipinski definition) is 1. The van der Waals surface area contributed by atoms with Crippen molar-refractivity contribution in [2.45, 2.75) is 26.9 Å². The van der Waals surface area contributed by atoms with Crippen molar-refractivity contribution >= 4 is 17.4 Å². The van der Waals surface area contributed by atoms with Gasteiger partial charge in [-0.05, 0) is 56.7 Å². The molecule has 1 aliphatic heterocycles. The number of hydrogen-bond acceptors (Lipinski definition) is 3. The zero-order valence-corrected chi connectivity index (χ0v) is 15.7. The van der Waals surface area contributed by atoms with E-state index < -0.39 is 0 Å². The molecule has 2 aromatic rings. The first-order chi connectivity index (χ1) is 12.5. The number of benzene rings is 2. The molecular formula is C21H27N3O2.